The van der Waals surface area contributed by atoms with Crippen LogP contribution in [0.15, 0.2) is 22.5 Å². The number of carboxylic acid groups (broad SMARTS) is 1. The zero-order chi connectivity index (χ0) is 71.1. The summed E-state index contributed by atoms with van der Waals surface area (Å²) >= 11 is 4.24. The lowest BCUT2D eigenvalue weighted by atomic mass is 9.95. The number of aromatic nitrogens is 2. The van der Waals surface area contributed by atoms with Crippen molar-refractivity contribution < 1.29 is 72.5 Å². The molecule has 0 radical (unpaired) electrons. The molecular formula is C57H99N21O15S. The minimum atomic E-state index is -1.74. The number of nitrogens with one attached hydrogen (secondary N) is 11. The Bertz CT molecular complexity index is 2800. The maximum Gasteiger partial charge on any atom is 0.322 e. The average molecular weight is 1350 g/mol. The Hall–Kier alpha value is -8.87. The fourth-order valence-electron chi connectivity index (χ4n) is 9.67. The van der Waals surface area contributed by atoms with Crippen LogP contribution in [0.3, 0.4) is 0 Å². The number of aliphatic imine (C=N–C) groups is 2. The third-order valence-corrected chi connectivity index (χ3v) is 15.4. The van der Waals surface area contributed by atoms with E-state index in [0.717, 1.165) is 4.90 Å². The number of nitrogens with zero attached hydrogens (tertiary/aromatic N) is 4. The molecule has 0 saturated carbocycles. The Kier molecular flexibility index (Phi) is 35.4. The van der Waals surface area contributed by atoms with Crippen molar-refractivity contribution in [1.82, 2.24) is 68.0 Å². The number of nitrogens with two attached hydrogens (primary N) is 6. The number of hydrogen-bond acceptors (Lipinski definition) is 19. The summed E-state index contributed by atoms with van der Waals surface area (Å²) in [5.41, 5.74) is 33.3. The number of primary amides is 1. The van der Waals surface area contributed by atoms with Gasteiger partial charge in [-0.05, 0) is 68.6 Å². The van der Waals surface area contributed by atoms with Crippen molar-refractivity contribution in [1.29, 1.82) is 0 Å². The van der Waals surface area contributed by atoms with Gasteiger partial charge in [0.25, 0.3) is 0 Å². The maximum atomic E-state index is 14.5. The number of carbonyl (C=O) groups excluding carboxylic acids is 12. The van der Waals surface area contributed by atoms with Gasteiger partial charge in [0.05, 0.1) is 25.4 Å². The van der Waals surface area contributed by atoms with E-state index in [1.165, 1.54) is 12.5 Å². The molecule has 36 nitrogen and oxygen atoms in total. The van der Waals surface area contributed by atoms with Gasteiger partial charge in [0.2, 0.25) is 70.9 Å². The van der Waals surface area contributed by atoms with Crippen molar-refractivity contribution in [2.75, 3.05) is 38.5 Å². The van der Waals surface area contributed by atoms with Crippen LogP contribution in [0, 0.1) is 23.7 Å². The number of aliphatic hydroxyl groups is 1. The normalized spacial score (nSPS) is 16.3. The third kappa shape index (κ3) is 28.2. The largest absolute Gasteiger partial charge is 0.480 e. The van der Waals surface area contributed by atoms with E-state index in [1.54, 1.807) is 55.4 Å². The number of thiol groups is 1. The maximum absolute atomic E-state index is 14.5. The first-order chi connectivity index (χ1) is 44.1. The molecule has 1 aromatic heterocycles. The third-order valence-electron chi connectivity index (χ3n) is 15.0. The molecule has 2 heterocycles. The quantitative estimate of drug-likeness (QED) is 0.0125. The predicted molar refractivity (Wildman–Crippen MR) is 346 cm³/mol. The number of hydrogen-bond donors (Lipinski definition) is 20. The van der Waals surface area contributed by atoms with Crippen LogP contribution in [-0.4, -0.2) is 219 Å². The van der Waals surface area contributed by atoms with Gasteiger partial charge >= 0.3 is 5.97 Å². The number of likely N-dealkylation sites (tertiary alicyclic amines) is 1. The number of guanidine groups is 2. The molecule has 0 aliphatic carbocycles. The van der Waals surface area contributed by atoms with E-state index in [9.17, 15) is 67.4 Å². The standard InChI is InChI=1S/C57H99N21O15S/c1-9-30(8)44(77-49(87)35(20-31-22-64-26-68-31)70-48(86)36(21-40(59)80)71-51(89)39-15-12-18-78(39)55(93)37(24-79)73-45(83)32(58)13-10-16-65-56(60)61)54(92)76-43(29(6)7)53(91)75-42(28(4)5)52(90)72-34(19-27(2)3)47(85)74-38(25-94)50(88)69-33(14-11-17-66-57(62)63)46(84)67-23-41(81)82/h22,26-30,32-39,42-44,79,94H,9-21,23-25,58H2,1-8H3,(H2,59,80)(H,64,68)(H,67,84)(H,69,88)(H,70,86)(H,71,89)(H,72,90)(H,73,83)(H,74,85)(H,75,91)(H,76,92)(H,77,87)(H,81,82)(H4,60,61,65)(H4,62,63,66)/t30-,32-,33-,34-,35-,36-,37-,38-,39-,42-,43-,44-/m0/s1. The SMILES string of the molecule is CC[C@H](C)[C@H](NC(=O)[C@H](Cc1cnc[nH]1)NC(=O)[C@H](CC(N)=O)NC(=O)[C@@H]1CCCN1C(=O)[C@H](CO)NC(=O)[C@@H](N)CCCN=C(N)N)C(=O)N[C@H](C(=O)N[C@H](C(=O)N[C@@H](CC(C)C)C(=O)N[C@@H](CS)C(=O)N[C@@H](CCCN=C(N)N)C(=O)NCC(=O)O)C(C)C)C(C)C. The van der Waals surface area contributed by atoms with Crippen molar-refractivity contribution >= 4 is 101 Å². The molecule has 12 atom stereocenters. The number of imidazole rings is 1. The minimum absolute atomic E-state index is 0.00191. The van der Waals surface area contributed by atoms with Gasteiger partial charge in [-0.3, -0.25) is 72.3 Å². The van der Waals surface area contributed by atoms with Crippen LogP contribution in [0.4, 0.5) is 0 Å². The van der Waals surface area contributed by atoms with Gasteiger partial charge in [0, 0.05) is 43.7 Å². The number of carbonyl (C=O) groups is 13. The lowest BCUT2D eigenvalue weighted by Crippen LogP contribution is -2.63. The van der Waals surface area contributed by atoms with Crippen molar-refractivity contribution in [2.45, 2.75) is 186 Å². The number of carboxylic acids is 1. The van der Waals surface area contributed by atoms with Gasteiger partial charge in [-0.1, -0.05) is 61.8 Å². The van der Waals surface area contributed by atoms with E-state index in [0.29, 0.717) is 12.1 Å². The van der Waals surface area contributed by atoms with Crippen molar-refractivity contribution in [3.8, 4) is 0 Å². The molecule has 94 heavy (non-hydrogen) atoms. The smallest absolute Gasteiger partial charge is 0.322 e. The Labute approximate surface area is 550 Å². The molecule has 12 amide bonds. The summed E-state index contributed by atoms with van der Waals surface area (Å²) in [5, 5.41) is 44.7. The van der Waals surface area contributed by atoms with E-state index < -0.39 is 181 Å². The Morgan fingerprint density at radius 3 is 1.65 bits per heavy atom. The molecule has 0 unspecified atom stereocenters. The second kappa shape index (κ2) is 41.0. The number of aliphatic hydroxyl groups excluding tert-OH is 1. The Balaban J connectivity index is 2.36. The molecule has 1 aliphatic rings. The lowest BCUT2D eigenvalue weighted by Gasteiger charge is -2.31. The van der Waals surface area contributed by atoms with Crippen LogP contribution in [0.1, 0.15) is 119 Å². The van der Waals surface area contributed by atoms with Crippen LogP contribution < -0.4 is 87.6 Å². The Morgan fingerprint density at radius 1 is 0.638 bits per heavy atom. The number of H-pyrrole nitrogens is 1. The highest BCUT2D eigenvalue weighted by Crippen LogP contribution is 2.20. The zero-order valence-electron chi connectivity index (χ0n) is 54.5. The van der Waals surface area contributed by atoms with Crippen molar-refractivity contribution in [3.05, 3.63) is 18.2 Å². The van der Waals surface area contributed by atoms with E-state index >= 15 is 0 Å². The molecule has 25 N–H and O–H groups in total. The summed E-state index contributed by atoms with van der Waals surface area (Å²) < 4.78 is 0. The van der Waals surface area contributed by atoms with E-state index in [-0.39, 0.29) is 94.6 Å². The minimum Gasteiger partial charge on any atom is -0.480 e. The van der Waals surface area contributed by atoms with Gasteiger partial charge in [0.15, 0.2) is 11.9 Å². The number of amides is 12. The average Bonchev–Trinajstić information content (AvgIpc) is 1.79. The predicted octanol–water partition coefficient (Wildman–Crippen LogP) is -6.86. The Morgan fingerprint density at radius 2 is 1.14 bits per heavy atom. The lowest BCUT2D eigenvalue weighted by molar-refractivity contribution is -0.143. The van der Waals surface area contributed by atoms with E-state index in [1.807, 2.05) is 0 Å². The second-order valence-corrected chi connectivity index (χ2v) is 24.3. The molecule has 2 rings (SSSR count). The van der Waals surface area contributed by atoms with E-state index in [2.05, 4.69) is 85.7 Å². The first-order valence-electron chi connectivity index (χ1n) is 31.0. The molecule has 528 valence electrons. The molecule has 37 heteroatoms. The molecular weight excluding hydrogens is 1250 g/mol. The highest BCUT2D eigenvalue weighted by atomic mass is 32.1. The zero-order valence-corrected chi connectivity index (χ0v) is 55.4. The molecule has 1 saturated heterocycles. The first kappa shape index (κ1) is 81.2. The number of aromatic amines is 1. The molecule has 0 spiro atoms. The van der Waals surface area contributed by atoms with Crippen LogP contribution in [0.25, 0.3) is 0 Å². The van der Waals surface area contributed by atoms with Crippen LogP contribution in [0.5, 0.6) is 0 Å². The number of aliphatic carboxylic acids is 1. The molecule has 0 aromatic carbocycles. The fraction of sp³-hybridized carbons (Fsp3) is 0.684. The van der Waals surface area contributed by atoms with Crippen LogP contribution in [0.2, 0.25) is 0 Å². The second-order valence-electron chi connectivity index (χ2n) is 24.0. The van der Waals surface area contributed by atoms with Gasteiger partial charge < -0.3 is 108 Å². The number of rotatable bonds is 42. The first-order valence-corrected chi connectivity index (χ1v) is 31.7. The summed E-state index contributed by atoms with van der Waals surface area (Å²) in [7, 11) is 0. The van der Waals surface area contributed by atoms with Crippen molar-refractivity contribution in [3.63, 3.8) is 0 Å². The summed E-state index contributed by atoms with van der Waals surface area (Å²) in [4.78, 5) is 192. The molecule has 1 aromatic rings. The van der Waals surface area contributed by atoms with Gasteiger partial charge in [-0.25, -0.2) is 4.98 Å². The molecule has 1 fully saturated rings. The van der Waals surface area contributed by atoms with Gasteiger partial charge in [0.1, 0.15) is 67.0 Å². The highest BCUT2D eigenvalue weighted by molar-refractivity contribution is 7.80. The summed E-state index contributed by atoms with van der Waals surface area (Å²) in [6.45, 7) is 12.0. The van der Waals surface area contributed by atoms with Gasteiger partial charge in [-0.15, -0.1) is 0 Å². The highest BCUT2D eigenvalue weighted by Gasteiger charge is 2.41. The van der Waals surface area contributed by atoms with Crippen molar-refractivity contribution in [2.24, 2.45) is 68.1 Å². The van der Waals surface area contributed by atoms with E-state index in [4.69, 9.17) is 39.5 Å². The van der Waals surface area contributed by atoms with Gasteiger partial charge in [-0.2, -0.15) is 12.6 Å². The summed E-state index contributed by atoms with van der Waals surface area (Å²) in [6.07, 6.45) is 2.87. The molecule has 1 aliphatic heterocycles. The molecule has 0 bridgehead atoms. The fourth-order valence-corrected chi connectivity index (χ4v) is 9.92. The van der Waals surface area contributed by atoms with Crippen LogP contribution >= 0.6 is 12.6 Å². The topological polar surface area (TPSA) is 595 Å². The summed E-state index contributed by atoms with van der Waals surface area (Å²) in [6, 6.07) is -15.2. The monoisotopic (exact) mass is 1350 g/mol. The van der Waals surface area contributed by atoms with Crippen LogP contribution in [-0.2, 0) is 68.7 Å². The summed E-state index contributed by atoms with van der Waals surface area (Å²) in [5.74, 6) is -14.7.